The molecule has 0 aliphatic rings. The average Bonchev–Trinajstić information content (AvgIpc) is 2.71. The summed E-state index contributed by atoms with van der Waals surface area (Å²) in [6.45, 7) is 0.646. The maximum Gasteiger partial charge on any atom is 0.267 e. The van der Waals surface area contributed by atoms with Crippen LogP contribution in [0.2, 0.25) is 0 Å². The SMILES string of the molecule is O=C(NCCOc1cccc2ccccc12)c1cc(=O)c2cc(Br)ccc2[nH]1. The second kappa shape index (κ2) is 7.86. The van der Waals surface area contributed by atoms with Gasteiger partial charge in [-0.2, -0.15) is 0 Å². The number of hydrogen-bond acceptors (Lipinski definition) is 3. The Hall–Kier alpha value is -3.12. The number of amides is 1. The highest BCUT2D eigenvalue weighted by Gasteiger charge is 2.10. The minimum absolute atomic E-state index is 0.202. The average molecular weight is 437 g/mol. The van der Waals surface area contributed by atoms with Gasteiger partial charge in [-0.15, -0.1) is 0 Å². The van der Waals surface area contributed by atoms with Crippen molar-refractivity contribution in [2.24, 2.45) is 0 Å². The van der Waals surface area contributed by atoms with Crippen LogP contribution in [-0.4, -0.2) is 24.0 Å². The zero-order valence-electron chi connectivity index (χ0n) is 14.9. The number of ether oxygens (including phenoxy) is 1. The van der Waals surface area contributed by atoms with Crippen LogP contribution in [-0.2, 0) is 0 Å². The molecule has 1 amide bonds. The summed E-state index contributed by atoms with van der Waals surface area (Å²) < 4.78 is 6.63. The minimum atomic E-state index is -0.344. The lowest BCUT2D eigenvalue weighted by molar-refractivity contribution is 0.0942. The van der Waals surface area contributed by atoms with E-state index in [1.807, 2.05) is 48.5 Å². The number of halogens is 1. The van der Waals surface area contributed by atoms with Crippen molar-refractivity contribution >= 4 is 43.5 Å². The number of carbonyl (C=O) groups is 1. The van der Waals surface area contributed by atoms with Crippen molar-refractivity contribution in [3.05, 3.63) is 87.1 Å². The number of aromatic nitrogens is 1. The van der Waals surface area contributed by atoms with E-state index >= 15 is 0 Å². The standard InChI is InChI=1S/C22H17BrN2O3/c23-15-8-9-18-17(12-15)20(26)13-19(25-18)22(27)24-10-11-28-21-7-3-5-14-4-1-2-6-16(14)21/h1-9,12-13H,10-11H2,(H,24,27)(H,25,26). The molecule has 0 radical (unpaired) electrons. The van der Waals surface area contributed by atoms with E-state index in [4.69, 9.17) is 4.74 Å². The van der Waals surface area contributed by atoms with Gasteiger partial charge in [0.1, 0.15) is 18.1 Å². The van der Waals surface area contributed by atoms with Gasteiger partial charge < -0.3 is 15.0 Å². The second-order valence-corrected chi connectivity index (χ2v) is 7.23. The van der Waals surface area contributed by atoms with Gasteiger partial charge in [-0.25, -0.2) is 0 Å². The van der Waals surface area contributed by atoms with Crippen molar-refractivity contribution in [2.45, 2.75) is 0 Å². The Balaban J connectivity index is 1.41. The van der Waals surface area contributed by atoms with E-state index in [1.54, 1.807) is 12.1 Å². The van der Waals surface area contributed by atoms with E-state index in [0.29, 0.717) is 24.1 Å². The molecule has 0 unspecified atom stereocenters. The maximum absolute atomic E-state index is 12.4. The number of pyridine rings is 1. The number of aromatic amines is 1. The fraction of sp³-hybridized carbons (Fsp3) is 0.0909. The molecular formula is C22H17BrN2O3. The molecule has 0 aliphatic carbocycles. The van der Waals surface area contributed by atoms with E-state index in [9.17, 15) is 9.59 Å². The zero-order chi connectivity index (χ0) is 19.5. The van der Waals surface area contributed by atoms with E-state index < -0.39 is 0 Å². The summed E-state index contributed by atoms with van der Waals surface area (Å²) >= 11 is 3.34. The van der Waals surface area contributed by atoms with Gasteiger partial charge in [0.2, 0.25) is 0 Å². The van der Waals surface area contributed by atoms with Crippen LogP contribution in [0.15, 0.2) is 76.0 Å². The molecule has 4 rings (SSSR count). The van der Waals surface area contributed by atoms with Gasteiger partial charge in [0, 0.05) is 26.8 Å². The van der Waals surface area contributed by atoms with Crippen LogP contribution < -0.4 is 15.5 Å². The second-order valence-electron chi connectivity index (χ2n) is 6.32. The van der Waals surface area contributed by atoms with Gasteiger partial charge >= 0.3 is 0 Å². The number of benzene rings is 3. The largest absolute Gasteiger partial charge is 0.491 e. The van der Waals surface area contributed by atoms with Crippen LogP contribution in [0.5, 0.6) is 5.75 Å². The molecule has 2 N–H and O–H groups in total. The highest BCUT2D eigenvalue weighted by Crippen LogP contribution is 2.24. The quantitative estimate of drug-likeness (QED) is 0.459. The predicted octanol–water partition coefficient (Wildman–Crippen LogP) is 4.25. The number of hydrogen-bond donors (Lipinski definition) is 2. The van der Waals surface area contributed by atoms with Crippen molar-refractivity contribution in [1.29, 1.82) is 0 Å². The lowest BCUT2D eigenvalue weighted by Crippen LogP contribution is -2.29. The fourth-order valence-corrected chi connectivity index (χ4v) is 3.45. The van der Waals surface area contributed by atoms with E-state index in [0.717, 1.165) is 21.0 Å². The monoisotopic (exact) mass is 436 g/mol. The first-order valence-corrected chi connectivity index (χ1v) is 9.62. The molecule has 0 bridgehead atoms. The van der Waals surface area contributed by atoms with Crippen LogP contribution in [0.3, 0.4) is 0 Å². The van der Waals surface area contributed by atoms with E-state index in [-0.39, 0.29) is 17.0 Å². The molecule has 0 fully saturated rings. The zero-order valence-corrected chi connectivity index (χ0v) is 16.5. The van der Waals surface area contributed by atoms with E-state index in [2.05, 4.69) is 26.2 Å². The first-order valence-electron chi connectivity index (χ1n) is 8.83. The van der Waals surface area contributed by atoms with Crippen molar-refractivity contribution in [2.75, 3.05) is 13.2 Å². The normalized spacial score (nSPS) is 10.9. The Bertz CT molecular complexity index is 1230. The molecule has 28 heavy (non-hydrogen) atoms. The molecule has 5 nitrogen and oxygen atoms in total. The van der Waals surface area contributed by atoms with Crippen LogP contribution in [0.25, 0.3) is 21.7 Å². The molecule has 0 spiro atoms. The third kappa shape index (κ3) is 3.77. The summed E-state index contributed by atoms with van der Waals surface area (Å²) in [5.41, 5.74) is 0.644. The summed E-state index contributed by atoms with van der Waals surface area (Å²) in [4.78, 5) is 27.6. The van der Waals surface area contributed by atoms with E-state index in [1.165, 1.54) is 6.07 Å². The molecule has 0 atom stereocenters. The lowest BCUT2D eigenvalue weighted by Gasteiger charge is -2.10. The van der Waals surface area contributed by atoms with Crippen LogP contribution in [0.4, 0.5) is 0 Å². The van der Waals surface area contributed by atoms with Crippen LogP contribution in [0, 0.1) is 0 Å². The summed E-state index contributed by atoms with van der Waals surface area (Å²) in [7, 11) is 0. The minimum Gasteiger partial charge on any atom is -0.491 e. The third-order valence-corrected chi connectivity index (χ3v) is 4.92. The van der Waals surface area contributed by atoms with Gasteiger partial charge in [-0.1, -0.05) is 52.3 Å². The van der Waals surface area contributed by atoms with Crippen molar-refractivity contribution in [1.82, 2.24) is 10.3 Å². The van der Waals surface area contributed by atoms with Gasteiger partial charge in [0.05, 0.1) is 6.54 Å². The van der Waals surface area contributed by atoms with Gasteiger partial charge in [0.15, 0.2) is 5.43 Å². The first-order chi connectivity index (χ1) is 13.6. The van der Waals surface area contributed by atoms with Crippen molar-refractivity contribution < 1.29 is 9.53 Å². The molecule has 0 saturated heterocycles. The molecule has 3 aromatic carbocycles. The molecule has 1 aromatic heterocycles. The summed E-state index contributed by atoms with van der Waals surface area (Å²) in [5.74, 6) is 0.431. The van der Waals surface area contributed by atoms with Gasteiger partial charge in [-0.3, -0.25) is 9.59 Å². The molecule has 140 valence electrons. The highest BCUT2D eigenvalue weighted by molar-refractivity contribution is 9.10. The molecule has 6 heteroatoms. The molecule has 0 saturated carbocycles. The lowest BCUT2D eigenvalue weighted by atomic mass is 10.1. The Kier molecular flexibility index (Phi) is 5.12. The summed E-state index contributed by atoms with van der Waals surface area (Å²) in [5, 5.41) is 5.44. The van der Waals surface area contributed by atoms with Gasteiger partial charge in [-0.05, 0) is 29.7 Å². The topological polar surface area (TPSA) is 71.2 Å². The van der Waals surface area contributed by atoms with Gasteiger partial charge in [0.25, 0.3) is 5.91 Å². The van der Waals surface area contributed by atoms with Crippen molar-refractivity contribution in [3.63, 3.8) is 0 Å². The van der Waals surface area contributed by atoms with Crippen molar-refractivity contribution in [3.8, 4) is 5.75 Å². The Labute approximate surface area is 169 Å². The predicted molar refractivity (Wildman–Crippen MR) is 114 cm³/mol. The number of rotatable bonds is 5. The molecule has 0 aliphatic heterocycles. The Morgan fingerprint density at radius 3 is 2.71 bits per heavy atom. The Morgan fingerprint density at radius 1 is 1.00 bits per heavy atom. The Morgan fingerprint density at radius 2 is 1.82 bits per heavy atom. The number of nitrogens with one attached hydrogen (secondary N) is 2. The molecule has 1 heterocycles. The molecule has 4 aromatic rings. The molecular weight excluding hydrogens is 420 g/mol. The highest BCUT2D eigenvalue weighted by atomic mass is 79.9. The summed E-state index contributed by atoms with van der Waals surface area (Å²) in [6.07, 6.45) is 0. The van der Waals surface area contributed by atoms with Crippen LogP contribution in [0.1, 0.15) is 10.5 Å². The first kappa shape index (κ1) is 18.3. The number of H-pyrrole nitrogens is 1. The number of fused-ring (bicyclic) bond motifs is 2. The summed E-state index contributed by atoms with van der Waals surface area (Å²) in [6, 6.07) is 20.5. The third-order valence-electron chi connectivity index (χ3n) is 4.43. The fourth-order valence-electron chi connectivity index (χ4n) is 3.08. The number of carbonyl (C=O) groups excluding carboxylic acids is 1. The smallest absolute Gasteiger partial charge is 0.267 e. The maximum atomic E-state index is 12.4. The van der Waals surface area contributed by atoms with Crippen LogP contribution >= 0.6 is 15.9 Å².